The lowest BCUT2D eigenvalue weighted by Crippen LogP contribution is -2.24. The Morgan fingerprint density at radius 3 is 2.59 bits per heavy atom. The van der Waals surface area contributed by atoms with Crippen molar-refractivity contribution in [3.8, 4) is 16.9 Å². The molecule has 0 aliphatic rings. The van der Waals surface area contributed by atoms with Gasteiger partial charge in [-0.1, -0.05) is 6.07 Å². The van der Waals surface area contributed by atoms with Gasteiger partial charge in [-0.15, -0.1) is 0 Å². The first-order valence-electron chi connectivity index (χ1n) is 12.5. The number of fused-ring (bicyclic) bond motifs is 1. The Kier molecular flexibility index (Phi) is 7.49. The summed E-state index contributed by atoms with van der Waals surface area (Å²) in [5, 5.41) is 7.00. The predicted molar refractivity (Wildman–Crippen MR) is 146 cm³/mol. The topological polar surface area (TPSA) is 91.9 Å². The first kappa shape index (κ1) is 25.8. The van der Waals surface area contributed by atoms with Crippen LogP contribution in [0.5, 0.6) is 5.75 Å². The molecule has 0 aliphatic heterocycles. The van der Waals surface area contributed by atoms with Crippen molar-refractivity contribution in [3.63, 3.8) is 0 Å². The molecule has 3 N–H and O–H groups in total. The molecule has 5 rings (SSSR count). The molecule has 0 saturated carbocycles. The molecule has 198 valence electrons. The number of benzene rings is 2. The molecular formula is C30H27F2N5O2. The maximum atomic E-state index is 13.5. The van der Waals surface area contributed by atoms with Gasteiger partial charge in [0.2, 0.25) is 0 Å². The Morgan fingerprint density at radius 2 is 1.77 bits per heavy atom. The average Bonchev–Trinajstić information content (AvgIpc) is 3.36. The Bertz CT molecular complexity index is 1630. The average molecular weight is 528 g/mol. The summed E-state index contributed by atoms with van der Waals surface area (Å²) in [4.78, 5) is 24.9. The smallest absolute Gasteiger partial charge is 0.255 e. The van der Waals surface area contributed by atoms with Crippen molar-refractivity contribution >= 4 is 22.8 Å². The van der Waals surface area contributed by atoms with Gasteiger partial charge in [0, 0.05) is 42.6 Å². The van der Waals surface area contributed by atoms with Crippen LogP contribution in [0.25, 0.3) is 22.2 Å². The lowest BCUT2D eigenvalue weighted by atomic mass is 10.0. The molecule has 0 unspecified atom stereocenters. The van der Waals surface area contributed by atoms with E-state index in [-0.39, 0.29) is 18.6 Å². The quantitative estimate of drug-likeness (QED) is 0.211. The van der Waals surface area contributed by atoms with Gasteiger partial charge in [-0.2, -0.15) is 0 Å². The molecule has 9 heteroatoms. The molecule has 3 aromatic heterocycles. The molecule has 0 aliphatic carbocycles. The second kappa shape index (κ2) is 11.3. The first-order valence-corrected chi connectivity index (χ1v) is 12.5. The minimum Gasteiger partial charge on any atom is -0.491 e. The molecule has 0 radical (unpaired) electrons. The largest absolute Gasteiger partial charge is 0.491 e. The van der Waals surface area contributed by atoms with Crippen molar-refractivity contribution in [3.05, 3.63) is 108 Å². The van der Waals surface area contributed by atoms with E-state index in [1.807, 2.05) is 44.3 Å². The van der Waals surface area contributed by atoms with Crippen LogP contribution in [0.3, 0.4) is 0 Å². The third-order valence-corrected chi connectivity index (χ3v) is 6.05. The monoisotopic (exact) mass is 527 g/mol. The summed E-state index contributed by atoms with van der Waals surface area (Å²) in [6, 6.07) is 16.8. The maximum absolute atomic E-state index is 13.5. The maximum Gasteiger partial charge on any atom is 0.255 e. The van der Waals surface area contributed by atoms with Crippen LogP contribution in [0, 0.1) is 11.6 Å². The summed E-state index contributed by atoms with van der Waals surface area (Å²) in [6.45, 7) is 4.36. The van der Waals surface area contributed by atoms with Crippen LogP contribution in [-0.2, 0) is 13.1 Å². The number of aromatic amines is 1. The second-order valence-electron chi connectivity index (χ2n) is 9.32. The number of H-pyrrole nitrogens is 1. The number of carbonyl (C=O) groups excluding carboxylic acids is 1. The van der Waals surface area contributed by atoms with Gasteiger partial charge >= 0.3 is 0 Å². The van der Waals surface area contributed by atoms with Gasteiger partial charge in [0.1, 0.15) is 17.2 Å². The van der Waals surface area contributed by atoms with Crippen molar-refractivity contribution in [1.82, 2.24) is 20.3 Å². The third-order valence-electron chi connectivity index (χ3n) is 6.05. The SMILES string of the molecule is CC(C)Oc1cc(CNc2ncccc2C(=O)NCc2ccc(F)c(F)c2)cc(-c2c[nH]c3ncccc23)c1. The van der Waals surface area contributed by atoms with Gasteiger partial charge in [0.25, 0.3) is 5.91 Å². The summed E-state index contributed by atoms with van der Waals surface area (Å²) in [7, 11) is 0. The molecule has 3 heterocycles. The first-order chi connectivity index (χ1) is 18.9. The van der Waals surface area contributed by atoms with E-state index in [9.17, 15) is 13.6 Å². The summed E-state index contributed by atoms with van der Waals surface area (Å²) < 4.78 is 32.8. The van der Waals surface area contributed by atoms with Crippen LogP contribution >= 0.6 is 0 Å². The summed E-state index contributed by atoms with van der Waals surface area (Å²) in [5.74, 6) is -1.16. The lowest BCUT2D eigenvalue weighted by Gasteiger charge is -2.15. The van der Waals surface area contributed by atoms with Gasteiger partial charge in [0.15, 0.2) is 11.6 Å². The van der Waals surface area contributed by atoms with Crippen LogP contribution in [0.1, 0.15) is 35.3 Å². The molecular weight excluding hydrogens is 500 g/mol. The number of pyridine rings is 2. The highest BCUT2D eigenvalue weighted by molar-refractivity contribution is 5.98. The number of halogens is 2. The summed E-state index contributed by atoms with van der Waals surface area (Å²) >= 11 is 0. The standard InChI is InChI=1S/C30H27F2N5O2/c1-18(2)39-22-12-20(11-21(14-22)25-17-36-28-23(25)5-3-9-33-28)16-35-29-24(6-4-10-34-29)30(38)37-15-19-7-8-26(31)27(32)13-19/h3-14,17-18H,15-16H2,1-2H3,(H,33,36)(H,34,35)(H,37,38). The second-order valence-corrected chi connectivity index (χ2v) is 9.32. The molecule has 5 aromatic rings. The summed E-state index contributed by atoms with van der Waals surface area (Å²) in [5.41, 5.74) is 4.48. The van der Waals surface area contributed by atoms with E-state index in [0.29, 0.717) is 23.5 Å². The zero-order chi connectivity index (χ0) is 27.4. The van der Waals surface area contributed by atoms with Crippen LogP contribution in [0.4, 0.5) is 14.6 Å². The number of ether oxygens (including phenoxy) is 1. The number of carbonyl (C=O) groups is 1. The number of hydrogen-bond acceptors (Lipinski definition) is 5. The highest BCUT2D eigenvalue weighted by atomic mass is 19.2. The Labute approximate surface area is 224 Å². The van der Waals surface area contributed by atoms with Crippen LogP contribution in [0.15, 0.2) is 79.3 Å². The number of anilines is 1. The zero-order valence-electron chi connectivity index (χ0n) is 21.5. The molecule has 0 spiro atoms. The van der Waals surface area contributed by atoms with E-state index in [2.05, 4.69) is 31.7 Å². The fraction of sp³-hybridized carbons (Fsp3) is 0.167. The van der Waals surface area contributed by atoms with E-state index < -0.39 is 11.6 Å². The predicted octanol–water partition coefficient (Wildman–Crippen LogP) is 6.23. The van der Waals surface area contributed by atoms with E-state index in [1.54, 1.807) is 24.5 Å². The molecule has 39 heavy (non-hydrogen) atoms. The minimum absolute atomic E-state index is 0.00799. The highest BCUT2D eigenvalue weighted by Gasteiger charge is 2.14. The third kappa shape index (κ3) is 6.04. The van der Waals surface area contributed by atoms with Gasteiger partial charge in [-0.05, 0) is 85.1 Å². The molecule has 1 amide bonds. The lowest BCUT2D eigenvalue weighted by molar-refractivity contribution is 0.0951. The van der Waals surface area contributed by atoms with Gasteiger partial charge in [-0.25, -0.2) is 18.7 Å². The van der Waals surface area contributed by atoms with Crippen molar-refractivity contribution in [2.75, 3.05) is 5.32 Å². The number of rotatable bonds is 9. The van der Waals surface area contributed by atoms with Crippen molar-refractivity contribution < 1.29 is 18.3 Å². The normalized spacial score (nSPS) is 11.1. The Morgan fingerprint density at radius 1 is 0.949 bits per heavy atom. The van der Waals surface area contributed by atoms with E-state index in [4.69, 9.17) is 4.74 Å². The molecule has 7 nitrogen and oxygen atoms in total. The van der Waals surface area contributed by atoms with E-state index in [0.717, 1.165) is 45.6 Å². The van der Waals surface area contributed by atoms with Crippen LogP contribution in [-0.4, -0.2) is 27.0 Å². The number of hydrogen-bond donors (Lipinski definition) is 3. The molecule has 2 aromatic carbocycles. The molecule has 0 fully saturated rings. The number of aromatic nitrogens is 3. The minimum atomic E-state index is -0.961. The van der Waals surface area contributed by atoms with Crippen molar-refractivity contribution in [2.24, 2.45) is 0 Å². The number of amides is 1. The number of nitrogens with one attached hydrogen (secondary N) is 3. The van der Waals surface area contributed by atoms with E-state index in [1.165, 1.54) is 6.07 Å². The molecule has 0 atom stereocenters. The van der Waals surface area contributed by atoms with Gasteiger partial charge in [0.05, 0.1) is 11.7 Å². The molecule has 0 saturated heterocycles. The fourth-order valence-electron chi connectivity index (χ4n) is 4.30. The summed E-state index contributed by atoms with van der Waals surface area (Å²) in [6.07, 6.45) is 5.26. The Balaban J connectivity index is 1.36. The van der Waals surface area contributed by atoms with Gasteiger partial charge in [-0.3, -0.25) is 4.79 Å². The fourth-order valence-corrected chi connectivity index (χ4v) is 4.30. The highest BCUT2D eigenvalue weighted by Crippen LogP contribution is 2.32. The zero-order valence-corrected chi connectivity index (χ0v) is 21.5. The van der Waals surface area contributed by atoms with Crippen LogP contribution in [0.2, 0.25) is 0 Å². The van der Waals surface area contributed by atoms with Crippen LogP contribution < -0.4 is 15.4 Å². The van der Waals surface area contributed by atoms with Crippen molar-refractivity contribution in [2.45, 2.75) is 33.0 Å². The number of nitrogens with zero attached hydrogens (tertiary/aromatic N) is 2. The molecule has 0 bridgehead atoms. The van der Waals surface area contributed by atoms with Crippen molar-refractivity contribution in [1.29, 1.82) is 0 Å². The Hall–Kier alpha value is -4.79. The van der Waals surface area contributed by atoms with Gasteiger partial charge < -0.3 is 20.4 Å². The van der Waals surface area contributed by atoms with E-state index >= 15 is 0 Å².